The minimum absolute atomic E-state index is 0.0893. The fourth-order valence-electron chi connectivity index (χ4n) is 2.55. The molecule has 1 atom stereocenters. The summed E-state index contributed by atoms with van der Waals surface area (Å²) in [5.74, 6) is 0.215. The lowest BCUT2D eigenvalue weighted by molar-refractivity contribution is -0.140. The van der Waals surface area contributed by atoms with Gasteiger partial charge in [0.05, 0.1) is 6.26 Å². The van der Waals surface area contributed by atoms with Crippen LogP contribution in [0.25, 0.3) is 0 Å². The second-order valence-corrected chi connectivity index (χ2v) is 5.03. The zero-order chi connectivity index (χ0) is 13.7. The number of amides is 1. The number of rotatable bonds is 5. The van der Waals surface area contributed by atoms with Gasteiger partial charge < -0.3 is 14.4 Å². The van der Waals surface area contributed by atoms with E-state index in [1.165, 1.54) is 0 Å². The first-order valence-corrected chi connectivity index (χ1v) is 6.67. The van der Waals surface area contributed by atoms with Crippen LogP contribution in [-0.4, -0.2) is 35.0 Å². The summed E-state index contributed by atoms with van der Waals surface area (Å²) in [6, 6.07) is 3.67. The molecule has 0 aromatic carbocycles. The molecule has 1 N–H and O–H groups in total. The Bertz CT molecular complexity index is 427. The normalized spacial score (nSPS) is 19.4. The molecule has 2 rings (SSSR count). The van der Waals surface area contributed by atoms with E-state index in [0.29, 0.717) is 19.4 Å². The van der Waals surface area contributed by atoms with Gasteiger partial charge in [-0.15, -0.1) is 0 Å². The lowest BCUT2D eigenvalue weighted by atomic mass is 9.94. The summed E-state index contributed by atoms with van der Waals surface area (Å²) in [4.78, 5) is 24.6. The molecule has 1 amide bonds. The molecule has 104 valence electrons. The summed E-state index contributed by atoms with van der Waals surface area (Å²) in [6.07, 6.45) is 4.57. The van der Waals surface area contributed by atoms with Gasteiger partial charge in [-0.25, -0.2) is 0 Å². The van der Waals surface area contributed by atoms with Gasteiger partial charge in [-0.1, -0.05) is 0 Å². The van der Waals surface area contributed by atoms with Gasteiger partial charge in [0.2, 0.25) is 5.91 Å². The molecule has 5 heteroatoms. The van der Waals surface area contributed by atoms with Crippen molar-refractivity contribution >= 4 is 11.9 Å². The first-order chi connectivity index (χ1) is 9.15. The Balaban J connectivity index is 1.79. The maximum atomic E-state index is 12.1. The van der Waals surface area contributed by atoms with Gasteiger partial charge in [-0.05, 0) is 30.9 Å². The number of nitrogens with zero attached hydrogens (tertiary/aromatic N) is 1. The van der Waals surface area contributed by atoms with Crippen molar-refractivity contribution in [2.24, 2.45) is 5.92 Å². The molecule has 0 radical (unpaired) electrons. The molecular weight excluding hydrogens is 246 g/mol. The van der Waals surface area contributed by atoms with Crippen molar-refractivity contribution in [2.75, 3.05) is 13.1 Å². The number of hydrogen-bond donors (Lipinski definition) is 1. The van der Waals surface area contributed by atoms with E-state index in [1.54, 1.807) is 11.2 Å². The second kappa shape index (κ2) is 6.41. The summed E-state index contributed by atoms with van der Waals surface area (Å²) in [5, 5.41) is 8.80. The maximum absolute atomic E-state index is 12.1. The Kier molecular flexibility index (Phi) is 4.60. The van der Waals surface area contributed by atoms with E-state index >= 15 is 0 Å². The van der Waals surface area contributed by atoms with E-state index in [1.807, 2.05) is 12.1 Å². The maximum Gasteiger partial charge on any atom is 0.303 e. The van der Waals surface area contributed by atoms with E-state index in [-0.39, 0.29) is 18.2 Å². The first-order valence-electron chi connectivity index (χ1n) is 6.67. The summed E-state index contributed by atoms with van der Waals surface area (Å²) >= 11 is 0. The molecule has 0 spiro atoms. The molecule has 2 heterocycles. The number of carbonyl (C=O) groups is 2. The molecule has 1 aromatic rings. The quantitative estimate of drug-likeness (QED) is 0.883. The van der Waals surface area contributed by atoms with Gasteiger partial charge in [0.25, 0.3) is 0 Å². The number of hydrogen-bond acceptors (Lipinski definition) is 3. The second-order valence-electron chi connectivity index (χ2n) is 5.03. The van der Waals surface area contributed by atoms with Crippen molar-refractivity contribution in [3.05, 3.63) is 24.2 Å². The molecular formula is C14H19NO4. The van der Waals surface area contributed by atoms with Crippen molar-refractivity contribution in [3.8, 4) is 0 Å². The average molecular weight is 265 g/mol. The molecule has 5 nitrogen and oxygen atoms in total. The highest BCUT2D eigenvalue weighted by atomic mass is 16.4. The van der Waals surface area contributed by atoms with Crippen LogP contribution in [0.2, 0.25) is 0 Å². The van der Waals surface area contributed by atoms with Crippen LogP contribution in [0, 0.1) is 5.92 Å². The number of carbonyl (C=O) groups excluding carboxylic acids is 1. The third kappa shape index (κ3) is 4.12. The van der Waals surface area contributed by atoms with E-state index in [4.69, 9.17) is 9.52 Å². The molecule has 1 saturated heterocycles. The molecule has 1 aliphatic heterocycles. The predicted molar refractivity (Wildman–Crippen MR) is 68.6 cm³/mol. The fourth-order valence-corrected chi connectivity index (χ4v) is 2.55. The van der Waals surface area contributed by atoms with Gasteiger partial charge in [0.15, 0.2) is 0 Å². The summed E-state index contributed by atoms with van der Waals surface area (Å²) < 4.78 is 5.20. The first kappa shape index (κ1) is 13.6. The average Bonchev–Trinajstić information content (AvgIpc) is 2.88. The van der Waals surface area contributed by atoms with E-state index in [2.05, 4.69) is 0 Å². The van der Waals surface area contributed by atoms with Crippen LogP contribution in [0.3, 0.4) is 0 Å². The summed E-state index contributed by atoms with van der Waals surface area (Å²) in [6.45, 7) is 1.32. The largest absolute Gasteiger partial charge is 0.481 e. The molecule has 1 fully saturated rings. The number of carboxylic acid groups (broad SMARTS) is 1. The van der Waals surface area contributed by atoms with Gasteiger partial charge in [-0.3, -0.25) is 9.59 Å². The van der Waals surface area contributed by atoms with Crippen molar-refractivity contribution in [3.63, 3.8) is 0 Å². The minimum atomic E-state index is -0.783. The highest BCUT2D eigenvalue weighted by Gasteiger charge is 2.24. The van der Waals surface area contributed by atoms with Crippen LogP contribution < -0.4 is 0 Å². The Labute approximate surface area is 112 Å². The van der Waals surface area contributed by atoms with Crippen LogP contribution in [0.5, 0.6) is 0 Å². The number of furan rings is 1. The standard InChI is InChI=1S/C14H19NO4/c16-13(6-5-12-4-2-8-19-12)15-7-1-3-11(10-15)9-14(17)18/h2,4,8,11H,1,3,5-7,9-10H2,(H,17,18). The number of likely N-dealkylation sites (tertiary alicyclic amines) is 1. The minimum Gasteiger partial charge on any atom is -0.481 e. The third-order valence-electron chi connectivity index (χ3n) is 3.50. The summed E-state index contributed by atoms with van der Waals surface area (Å²) in [7, 11) is 0. The lowest BCUT2D eigenvalue weighted by Gasteiger charge is -2.32. The van der Waals surface area contributed by atoms with Gasteiger partial charge >= 0.3 is 5.97 Å². The van der Waals surface area contributed by atoms with Gasteiger partial charge in [0, 0.05) is 32.4 Å². The smallest absolute Gasteiger partial charge is 0.303 e. The van der Waals surface area contributed by atoms with Gasteiger partial charge in [0.1, 0.15) is 5.76 Å². The molecule has 0 bridgehead atoms. The zero-order valence-electron chi connectivity index (χ0n) is 10.9. The molecule has 0 saturated carbocycles. The van der Waals surface area contributed by atoms with Crippen LogP contribution in [-0.2, 0) is 16.0 Å². The Hall–Kier alpha value is -1.78. The van der Waals surface area contributed by atoms with Crippen LogP contribution in [0.15, 0.2) is 22.8 Å². The van der Waals surface area contributed by atoms with Crippen molar-refractivity contribution in [1.82, 2.24) is 4.90 Å². The topological polar surface area (TPSA) is 70.8 Å². The van der Waals surface area contributed by atoms with E-state index < -0.39 is 5.97 Å². The molecule has 0 aliphatic carbocycles. The highest BCUT2D eigenvalue weighted by Crippen LogP contribution is 2.20. The molecule has 19 heavy (non-hydrogen) atoms. The number of aryl methyl sites for hydroxylation is 1. The van der Waals surface area contributed by atoms with Crippen molar-refractivity contribution in [1.29, 1.82) is 0 Å². The molecule has 1 unspecified atom stereocenters. The zero-order valence-corrected chi connectivity index (χ0v) is 10.9. The Morgan fingerprint density at radius 1 is 1.47 bits per heavy atom. The van der Waals surface area contributed by atoms with Crippen LogP contribution >= 0.6 is 0 Å². The summed E-state index contributed by atoms with van der Waals surface area (Å²) in [5.41, 5.74) is 0. The third-order valence-corrected chi connectivity index (χ3v) is 3.50. The number of carboxylic acids is 1. The van der Waals surface area contributed by atoms with Gasteiger partial charge in [-0.2, -0.15) is 0 Å². The predicted octanol–water partition coefficient (Wildman–Crippen LogP) is 1.93. The van der Waals surface area contributed by atoms with Crippen LogP contribution in [0.1, 0.15) is 31.4 Å². The Morgan fingerprint density at radius 3 is 3.00 bits per heavy atom. The van der Waals surface area contributed by atoms with Crippen molar-refractivity contribution in [2.45, 2.75) is 32.1 Å². The highest BCUT2D eigenvalue weighted by molar-refractivity contribution is 5.76. The molecule has 1 aromatic heterocycles. The number of piperidine rings is 1. The van der Waals surface area contributed by atoms with E-state index in [0.717, 1.165) is 25.1 Å². The van der Waals surface area contributed by atoms with E-state index in [9.17, 15) is 9.59 Å². The SMILES string of the molecule is O=C(O)CC1CCCN(C(=O)CCc2ccco2)C1. The number of aliphatic carboxylic acids is 1. The lowest BCUT2D eigenvalue weighted by Crippen LogP contribution is -2.40. The Morgan fingerprint density at radius 2 is 2.32 bits per heavy atom. The molecule has 1 aliphatic rings. The fraction of sp³-hybridized carbons (Fsp3) is 0.571. The monoisotopic (exact) mass is 265 g/mol. The van der Waals surface area contributed by atoms with Crippen LogP contribution in [0.4, 0.5) is 0 Å². The van der Waals surface area contributed by atoms with Crippen molar-refractivity contribution < 1.29 is 19.1 Å².